The van der Waals surface area contributed by atoms with Crippen molar-refractivity contribution in [3.8, 4) is 11.5 Å². The first-order valence-corrected chi connectivity index (χ1v) is 12.0. The Morgan fingerprint density at radius 2 is 1.64 bits per heavy atom. The zero-order valence-electron chi connectivity index (χ0n) is 20.6. The number of aliphatic hydroxyl groups is 1. The van der Waals surface area contributed by atoms with Gasteiger partial charge in [0.05, 0.1) is 32.4 Å². The molecule has 1 amide bonds. The SMILES string of the molecule is COc1ccccc1CN1C(=O)C(=O)/C(=C(\O)c2ccc(OC)c(C(C)C)c2)C1c1ccc(Cl)cc1. The highest BCUT2D eigenvalue weighted by atomic mass is 35.5. The minimum absolute atomic E-state index is 0.0251. The average Bonchev–Trinajstić information content (AvgIpc) is 3.13. The number of likely N-dealkylation sites (tertiary alicyclic amines) is 1. The molecule has 1 N–H and O–H groups in total. The Morgan fingerprint density at radius 1 is 0.972 bits per heavy atom. The Kier molecular flexibility index (Phi) is 7.36. The summed E-state index contributed by atoms with van der Waals surface area (Å²) in [6.45, 7) is 4.15. The number of para-hydroxylation sites is 1. The molecule has 0 spiro atoms. The normalized spacial score (nSPS) is 17.1. The van der Waals surface area contributed by atoms with Crippen molar-refractivity contribution < 1.29 is 24.2 Å². The molecule has 3 aromatic rings. The summed E-state index contributed by atoms with van der Waals surface area (Å²) >= 11 is 6.11. The number of aliphatic hydroxyl groups excluding tert-OH is 1. The second-order valence-electron chi connectivity index (χ2n) is 8.90. The quantitative estimate of drug-likeness (QED) is 0.238. The fraction of sp³-hybridized carbons (Fsp3) is 0.241. The van der Waals surface area contributed by atoms with Gasteiger partial charge >= 0.3 is 0 Å². The lowest BCUT2D eigenvalue weighted by atomic mass is 9.93. The molecule has 0 radical (unpaired) electrons. The predicted octanol–water partition coefficient (Wildman–Crippen LogP) is 6.10. The summed E-state index contributed by atoms with van der Waals surface area (Å²) < 4.78 is 10.9. The summed E-state index contributed by atoms with van der Waals surface area (Å²) in [5.41, 5.74) is 2.75. The molecule has 1 saturated heterocycles. The van der Waals surface area contributed by atoms with Gasteiger partial charge in [0.15, 0.2) is 0 Å². The van der Waals surface area contributed by atoms with Gasteiger partial charge in [-0.25, -0.2) is 0 Å². The fourth-order valence-corrected chi connectivity index (χ4v) is 4.67. The Hall–Kier alpha value is -3.77. The van der Waals surface area contributed by atoms with Gasteiger partial charge in [0.25, 0.3) is 11.7 Å². The molecule has 4 rings (SSSR count). The number of hydrogen-bond acceptors (Lipinski definition) is 5. The highest BCUT2D eigenvalue weighted by molar-refractivity contribution is 6.46. The van der Waals surface area contributed by atoms with E-state index >= 15 is 0 Å². The number of halogens is 1. The lowest BCUT2D eigenvalue weighted by Crippen LogP contribution is -2.29. The number of hydrogen-bond donors (Lipinski definition) is 1. The third-order valence-electron chi connectivity index (χ3n) is 6.38. The van der Waals surface area contributed by atoms with Crippen LogP contribution in [0.15, 0.2) is 72.3 Å². The van der Waals surface area contributed by atoms with E-state index in [9.17, 15) is 14.7 Å². The Labute approximate surface area is 215 Å². The van der Waals surface area contributed by atoms with Gasteiger partial charge in [0, 0.05) is 16.1 Å². The summed E-state index contributed by atoms with van der Waals surface area (Å²) in [6.07, 6.45) is 0. The standard InChI is InChI=1S/C29H28ClNO5/c1-17(2)22-15-19(11-14-24(22)36-4)27(32)25-26(18-9-12-21(30)13-10-18)31(29(34)28(25)33)16-20-7-5-6-8-23(20)35-3/h5-15,17,26,32H,16H2,1-4H3/b27-25-. The molecule has 186 valence electrons. The summed E-state index contributed by atoms with van der Waals surface area (Å²) in [5.74, 6) is -0.268. The molecule has 6 nitrogen and oxygen atoms in total. The van der Waals surface area contributed by atoms with Crippen molar-refractivity contribution in [1.82, 2.24) is 4.90 Å². The van der Waals surface area contributed by atoms with E-state index in [0.717, 1.165) is 11.1 Å². The maximum Gasteiger partial charge on any atom is 0.295 e. The van der Waals surface area contributed by atoms with Crippen molar-refractivity contribution in [2.24, 2.45) is 0 Å². The molecule has 7 heteroatoms. The first kappa shape index (κ1) is 25.3. The lowest BCUT2D eigenvalue weighted by Gasteiger charge is -2.26. The number of carbonyl (C=O) groups is 2. The molecule has 1 atom stereocenters. The minimum Gasteiger partial charge on any atom is -0.507 e. The van der Waals surface area contributed by atoms with Crippen LogP contribution in [-0.2, 0) is 16.1 Å². The van der Waals surface area contributed by atoms with Gasteiger partial charge in [0.2, 0.25) is 0 Å². The molecule has 1 aliphatic heterocycles. The molecule has 1 heterocycles. The zero-order valence-corrected chi connectivity index (χ0v) is 21.4. The van der Waals surface area contributed by atoms with Crippen LogP contribution in [0.3, 0.4) is 0 Å². The maximum absolute atomic E-state index is 13.4. The topological polar surface area (TPSA) is 76.1 Å². The van der Waals surface area contributed by atoms with Crippen molar-refractivity contribution >= 4 is 29.1 Å². The number of methoxy groups -OCH3 is 2. The van der Waals surface area contributed by atoms with Gasteiger partial charge in [-0.1, -0.05) is 55.8 Å². The number of nitrogens with zero attached hydrogens (tertiary/aromatic N) is 1. The third-order valence-corrected chi connectivity index (χ3v) is 6.64. The van der Waals surface area contributed by atoms with E-state index in [1.165, 1.54) is 4.90 Å². The van der Waals surface area contributed by atoms with Crippen molar-refractivity contribution in [3.63, 3.8) is 0 Å². The van der Waals surface area contributed by atoms with Gasteiger partial charge in [-0.15, -0.1) is 0 Å². The molecule has 0 aliphatic carbocycles. The predicted molar refractivity (Wildman–Crippen MR) is 139 cm³/mol. The van der Waals surface area contributed by atoms with Gasteiger partial charge in [0.1, 0.15) is 17.3 Å². The number of rotatable bonds is 7. The fourth-order valence-electron chi connectivity index (χ4n) is 4.54. The number of carbonyl (C=O) groups excluding carboxylic acids is 2. The summed E-state index contributed by atoms with van der Waals surface area (Å²) in [7, 11) is 3.14. The van der Waals surface area contributed by atoms with E-state index in [4.69, 9.17) is 21.1 Å². The number of ether oxygens (including phenoxy) is 2. The van der Waals surface area contributed by atoms with Crippen LogP contribution >= 0.6 is 11.6 Å². The van der Waals surface area contributed by atoms with Crippen LogP contribution in [-0.4, -0.2) is 35.9 Å². The molecular formula is C29H28ClNO5. The molecule has 1 aliphatic rings. The van der Waals surface area contributed by atoms with E-state index in [1.54, 1.807) is 62.8 Å². The number of Topliss-reactive ketones (excluding diaryl/α,β-unsaturated/α-hetero) is 1. The van der Waals surface area contributed by atoms with Crippen LogP contribution in [0.4, 0.5) is 0 Å². The number of amides is 1. The van der Waals surface area contributed by atoms with Crippen LogP contribution in [0.25, 0.3) is 5.76 Å². The molecular weight excluding hydrogens is 478 g/mol. The monoisotopic (exact) mass is 505 g/mol. The molecule has 3 aromatic carbocycles. The number of benzene rings is 3. The smallest absolute Gasteiger partial charge is 0.295 e. The van der Waals surface area contributed by atoms with E-state index < -0.39 is 17.7 Å². The van der Waals surface area contributed by atoms with Crippen LogP contribution in [0.2, 0.25) is 5.02 Å². The van der Waals surface area contributed by atoms with E-state index in [1.807, 2.05) is 32.0 Å². The van der Waals surface area contributed by atoms with Crippen LogP contribution < -0.4 is 9.47 Å². The van der Waals surface area contributed by atoms with Crippen molar-refractivity contribution in [2.75, 3.05) is 14.2 Å². The largest absolute Gasteiger partial charge is 0.507 e. The molecule has 36 heavy (non-hydrogen) atoms. The van der Waals surface area contributed by atoms with E-state index in [0.29, 0.717) is 27.6 Å². The first-order valence-electron chi connectivity index (χ1n) is 11.6. The van der Waals surface area contributed by atoms with Crippen LogP contribution in [0, 0.1) is 0 Å². The van der Waals surface area contributed by atoms with E-state index in [-0.39, 0.29) is 23.8 Å². The molecule has 0 saturated carbocycles. The second kappa shape index (κ2) is 10.5. The molecule has 1 unspecified atom stereocenters. The first-order chi connectivity index (χ1) is 17.3. The van der Waals surface area contributed by atoms with Gasteiger partial charge in [-0.05, 0) is 53.4 Å². The lowest BCUT2D eigenvalue weighted by molar-refractivity contribution is -0.140. The third kappa shape index (κ3) is 4.69. The van der Waals surface area contributed by atoms with E-state index in [2.05, 4.69) is 0 Å². The Morgan fingerprint density at radius 3 is 2.28 bits per heavy atom. The Bertz CT molecular complexity index is 1330. The van der Waals surface area contributed by atoms with Crippen molar-refractivity contribution in [3.05, 3.63) is 99.6 Å². The number of ketones is 1. The zero-order chi connectivity index (χ0) is 26.0. The molecule has 1 fully saturated rings. The summed E-state index contributed by atoms with van der Waals surface area (Å²) in [6, 6.07) is 18.7. The summed E-state index contributed by atoms with van der Waals surface area (Å²) in [4.78, 5) is 28.2. The molecule has 0 aromatic heterocycles. The maximum atomic E-state index is 13.4. The highest BCUT2D eigenvalue weighted by Crippen LogP contribution is 2.42. The van der Waals surface area contributed by atoms with Gasteiger partial charge in [-0.2, -0.15) is 0 Å². The van der Waals surface area contributed by atoms with Gasteiger partial charge in [-0.3, -0.25) is 9.59 Å². The van der Waals surface area contributed by atoms with Crippen LogP contribution in [0.5, 0.6) is 11.5 Å². The van der Waals surface area contributed by atoms with Crippen LogP contribution in [0.1, 0.15) is 48.1 Å². The molecule has 0 bridgehead atoms. The second-order valence-corrected chi connectivity index (χ2v) is 9.34. The highest BCUT2D eigenvalue weighted by Gasteiger charge is 2.46. The van der Waals surface area contributed by atoms with Crippen molar-refractivity contribution in [2.45, 2.75) is 32.4 Å². The average molecular weight is 506 g/mol. The van der Waals surface area contributed by atoms with Crippen molar-refractivity contribution in [1.29, 1.82) is 0 Å². The van der Waals surface area contributed by atoms with Gasteiger partial charge < -0.3 is 19.5 Å². The Balaban J connectivity index is 1.88. The minimum atomic E-state index is -0.809. The summed E-state index contributed by atoms with van der Waals surface area (Å²) in [5, 5.41) is 12.0.